The first-order valence-corrected chi connectivity index (χ1v) is 10.2. The van der Waals surface area contributed by atoms with Crippen LogP contribution in [0.3, 0.4) is 0 Å². The van der Waals surface area contributed by atoms with Gasteiger partial charge in [0.05, 0.1) is 18.6 Å². The number of hydrogen-bond donors (Lipinski definition) is 1. The summed E-state index contributed by atoms with van der Waals surface area (Å²) in [5.41, 5.74) is 2.39. The second-order valence-electron chi connectivity index (χ2n) is 6.17. The highest BCUT2D eigenvalue weighted by molar-refractivity contribution is 8.00. The number of aromatic nitrogens is 2. The molecular formula is C21H20ClN3O3S. The molecule has 0 spiro atoms. The molecule has 1 heterocycles. The molecule has 0 aliphatic rings. The molecule has 0 aliphatic heterocycles. The molecule has 1 aromatic heterocycles. The molecule has 3 rings (SSSR count). The van der Waals surface area contributed by atoms with Crippen molar-refractivity contribution in [2.24, 2.45) is 0 Å². The highest BCUT2D eigenvalue weighted by atomic mass is 35.5. The maximum absolute atomic E-state index is 12.5. The fraction of sp³-hybridized carbons (Fsp3) is 0.190. The lowest BCUT2D eigenvalue weighted by Crippen LogP contribution is -2.15. The van der Waals surface area contributed by atoms with E-state index in [1.54, 1.807) is 24.5 Å². The van der Waals surface area contributed by atoms with Crippen molar-refractivity contribution in [3.8, 4) is 17.4 Å². The summed E-state index contributed by atoms with van der Waals surface area (Å²) >= 11 is 7.35. The van der Waals surface area contributed by atoms with Crippen LogP contribution in [0.15, 0.2) is 53.8 Å². The molecular weight excluding hydrogens is 410 g/mol. The minimum absolute atomic E-state index is 0.133. The second-order valence-corrected chi connectivity index (χ2v) is 7.54. The van der Waals surface area contributed by atoms with E-state index in [0.29, 0.717) is 33.1 Å². The largest absolute Gasteiger partial charge is 0.495 e. The van der Waals surface area contributed by atoms with E-state index in [1.165, 1.54) is 18.9 Å². The molecule has 29 heavy (non-hydrogen) atoms. The summed E-state index contributed by atoms with van der Waals surface area (Å²) in [6.45, 7) is 3.81. The van der Waals surface area contributed by atoms with Crippen LogP contribution in [0.5, 0.6) is 17.4 Å². The van der Waals surface area contributed by atoms with E-state index in [-0.39, 0.29) is 11.7 Å². The number of para-hydroxylation sites is 1. The molecule has 0 fully saturated rings. The monoisotopic (exact) mass is 429 g/mol. The van der Waals surface area contributed by atoms with Gasteiger partial charge in [0, 0.05) is 23.5 Å². The molecule has 0 saturated carbocycles. The number of benzene rings is 2. The normalized spacial score (nSPS) is 10.5. The average molecular weight is 430 g/mol. The topological polar surface area (TPSA) is 73.3 Å². The summed E-state index contributed by atoms with van der Waals surface area (Å²) in [5, 5.41) is 3.95. The Morgan fingerprint density at radius 3 is 2.62 bits per heavy atom. The number of nitrogens with zero attached hydrogens (tertiary/aromatic N) is 2. The molecule has 6 nitrogen and oxygen atoms in total. The van der Waals surface area contributed by atoms with Gasteiger partial charge in [-0.25, -0.2) is 9.97 Å². The van der Waals surface area contributed by atoms with E-state index < -0.39 is 0 Å². The number of aryl methyl sites for hydroxylation is 2. The molecule has 0 unspecified atom stereocenters. The summed E-state index contributed by atoms with van der Waals surface area (Å²) < 4.78 is 11.2. The Balaban J connectivity index is 1.69. The number of carbonyl (C=O) groups is 1. The zero-order valence-electron chi connectivity index (χ0n) is 16.2. The number of rotatable bonds is 7. The number of nitrogens with one attached hydrogen (secondary N) is 1. The standard InChI is InChI=1S/C21H20ClN3O3S/c1-13-6-4-5-7-17(13)28-20-21(24-9-8-23-20)29-12-19(26)25-16-10-14(2)15(22)11-18(16)27-3/h4-11H,12H2,1-3H3,(H,25,26). The highest BCUT2D eigenvalue weighted by Crippen LogP contribution is 2.32. The van der Waals surface area contributed by atoms with Crippen molar-refractivity contribution in [1.29, 1.82) is 0 Å². The molecule has 0 saturated heterocycles. The van der Waals surface area contributed by atoms with Gasteiger partial charge < -0.3 is 14.8 Å². The molecule has 0 atom stereocenters. The lowest BCUT2D eigenvalue weighted by atomic mass is 10.2. The van der Waals surface area contributed by atoms with Crippen LogP contribution in [0.25, 0.3) is 0 Å². The third-order valence-electron chi connectivity index (χ3n) is 4.03. The summed E-state index contributed by atoms with van der Waals surface area (Å²) in [7, 11) is 1.53. The average Bonchev–Trinajstić information content (AvgIpc) is 2.71. The molecule has 2 aromatic carbocycles. The summed E-state index contributed by atoms with van der Waals surface area (Å²) in [6, 6.07) is 11.1. The first kappa shape index (κ1) is 21.0. The number of hydrogen-bond acceptors (Lipinski definition) is 6. The highest BCUT2D eigenvalue weighted by Gasteiger charge is 2.14. The predicted molar refractivity (Wildman–Crippen MR) is 115 cm³/mol. The first-order valence-electron chi connectivity index (χ1n) is 8.79. The Bertz CT molecular complexity index is 1030. The third kappa shape index (κ3) is 5.40. The fourth-order valence-electron chi connectivity index (χ4n) is 2.51. The summed E-state index contributed by atoms with van der Waals surface area (Å²) in [5.74, 6) is 1.48. The molecule has 1 N–H and O–H groups in total. The Morgan fingerprint density at radius 1 is 1.10 bits per heavy atom. The molecule has 3 aromatic rings. The van der Waals surface area contributed by atoms with Crippen LogP contribution in [0, 0.1) is 13.8 Å². The van der Waals surface area contributed by atoms with E-state index in [2.05, 4.69) is 15.3 Å². The minimum atomic E-state index is -0.206. The molecule has 1 amide bonds. The van der Waals surface area contributed by atoms with Crippen molar-refractivity contribution in [2.75, 3.05) is 18.2 Å². The van der Waals surface area contributed by atoms with Crippen molar-refractivity contribution in [2.45, 2.75) is 18.9 Å². The molecule has 0 radical (unpaired) electrons. The van der Waals surface area contributed by atoms with Gasteiger partial charge in [0.25, 0.3) is 5.88 Å². The second kappa shape index (κ2) is 9.62. The number of ether oxygens (including phenoxy) is 2. The van der Waals surface area contributed by atoms with E-state index in [1.807, 2.05) is 38.1 Å². The zero-order chi connectivity index (χ0) is 20.8. The SMILES string of the molecule is COc1cc(Cl)c(C)cc1NC(=O)CSc1nccnc1Oc1ccccc1C. The van der Waals surface area contributed by atoms with Crippen molar-refractivity contribution in [1.82, 2.24) is 9.97 Å². The van der Waals surface area contributed by atoms with Crippen molar-refractivity contribution < 1.29 is 14.3 Å². The molecule has 0 bridgehead atoms. The van der Waals surface area contributed by atoms with Gasteiger partial charge in [-0.2, -0.15) is 0 Å². The van der Waals surface area contributed by atoms with Crippen LogP contribution in [0.2, 0.25) is 5.02 Å². The number of thioether (sulfide) groups is 1. The number of halogens is 1. The number of anilines is 1. The quantitative estimate of drug-likeness (QED) is 0.515. The smallest absolute Gasteiger partial charge is 0.252 e. The number of methoxy groups -OCH3 is 1. The lowest BCUT2D eigenvalue weighted by molar-refractivity contribution is -0.113. The number of carbonyl (C=O) groups excluding carboxylic acids is 1. The van der Waals surface area contributed by atoms with Crippen LogP contribution in [-0.4, -0.2) is 28.7 Å². The Hall–Kier alpha value is -2.77. The van der Waals surface area contributed by atoms with E-state index in [9.17, 15) is 4.79 Å². The van der Waals surface area contributed by atoms with Crippen molar-refractivity contribution >= 4 is 35.0 Å². The molecule has 0 aliphatic carbocycles. The lowest BCUT2D eigenvalue weighted by Gasteiger charge is -2.13. The Kier molecular flexibility index (Phi) is 6.95. The van der Waals surface area contributed by atoms with Gasteiger partial charge in [0.2, 0.25) is 5.91 Å². The maximum Gasteiger partial charge on any atom is 0.252 e. The van der Waals surface area contributed by atoms with Gasteiger partial charge in [0.15, 0.2) is 5.03 Å². The van der Waals surface area contributed by atoms with Crippen LogP contribution < -0.4 is 14.8 Å². The maximum atomic E-state index is 12.5. The Morgan fingerprint density at radius 2 is 1.86 bits per heavy atom. The fourth-order valence-corrected chi connectivity index (χ4v) is 3.35. The van der Waals surface area contributed by atoms with Gasteiger partial charge in [-0.1, -0.05) is 41.6 Å². The van der Waals surface area contributed by atoms with Crippen molar-refractivity contribution in [3.05, 3.63) is 64.9 Å². The summed E-state index contributed by atoms with van der Waals surface area (Å²) in [6.07, 6.45) is 3.12. The zero-order valence-corrected chi connectivity index (χ0v) is 17.8. The van der Waals surface area contributed by atoms with Crippen LogP contribution >= 0.6 is 23.4 Å². The molecule has 150 valence electrons. The van der Waals surface area contributed by atoms with Crippen LogP contribution in [-0.2, 0) is 4.79 Å². The van der Waals surface area contributed by atoms with E-state index in [4.69, 9.17) is 21.1 Å². The van der Waals surface area contributed by atoms with Crippen molar-refractivity contribution in [3.63, 3.8) is 0 Å². The van der Waals surface area contributed by atoms with Gasteiger partial charge >= 0.3 is 0 Å². The predicted octanol–water partition coefficient (Wildman–Crippen LogP) is 5.28. The summed E-state index contributed by atoms with van der Waals surface area (Å²) in [4.78, 5) is 21.0. The number of amides is 1. The molecule has 8 heteroatoms. The van der Waals surface area contributed by atoms with Crippen LogP contribution in [0.4, 0.5) is 5.69 Å². The van der Waals surface area contributed by atoms with Gasteiger partial charge in [0.1, 0.15) is 11.5 Å². The van der Waals surface area contributed by atoms with Crippen LogP contribution in [0.1, 0.15) is 11.1 Å². The van der Waals surface area contributed by atoms with E-state index >= 15 is 0 Å². The van der Waals surface area contributed by atoms with Gasteiger partial charge in [-0.3, -0.25) is 4.79 Å². The first-order chi connectivity index (χ1) is 14.0. The Labute approximate surface area is 178 Å². The minimum Gasteiger partial charge on any atom is -0.495 e. The third-order valence-corrected chi connectivity index (χ3v) is 5.40. The van der Waals surface area contributed by atoms with Gasteiger partial charge in [-0.05, 0) is 37.1 Å². The van der Waals surface area contributed by atoms with E-state index in [0.717, 1.165) is 11.1 Å². The van der Waals surface area contributed by atoms with Gasteiger partial charge in [-0.15, -0.1) is 0 Å².